The van der Waals surface area contributed by atoms with Gasteiger partial charge in [0.2, 0.25) is 0 Å². The van der Waals surface area contributed by atoms with E-state index in [2.05, 4.69) is 24.8 Å². The molecule has 3 heterocycles. The van der Waals surface area contributed by atoms with Crippen molar-refractivity contribution >= 4 is 5.82 Å². The Balaban J connectivity index is 1.78. The number of imidazole rings is 1. The van der Waals surface area contributed by atoms with Gasteiger partial charge in [-0.2, -0.15) is 0 Å². The van der Waals surface area contributed by atoms with Crippen LogP contribution in [0.4, 0.5) is 5.82 Å². The highest BCUT2D eigenvalue weighted by Gasteiger charge is 2.24. The Kier molecular flexibility index (Phi) is 3.16. The van der Waals surface area contributed by atoms with Gasteiger partial charge >= 0.3 is 0 Å². The average Bonchev–Trinajstić information content (AvgIpc) is 2.86. The van der Waals surface area contributed by atoms with Gasteiger partial charge in [0, 0.05) is 30.2 Å². The molecule has 1 aliphatic heterocycles. The molecule has 1 saturated heterocycles. The van der Waals surface area contributed by atoms with Gasteiger partial charge in [-0.1, -0.05) is 0 Å². The number of aromatic nitrogens is 4. The number of H-pyrrole nitrogens is 1. The van der Waals surface area contributed by atoms with Gasteiger partial charge in [-0.25, -0.2) is 15.0 Å². The Morgan fingerprint density at radius 3 is 2.95 bits per heavy atom. The zero-order valence-electron chi connectivity index (χ0n) is 11.1. The van der Waals surface area contributed by atoms with Gasteiger partial charge in [-0.05, 0) is 13.8 Å². The normalized spacial score (nSPS) is 19.7. The SMILES string of the molecule is Cc1cc(N2CCOC(c3ncc(C)[nH]3)C2)ncn1. The van der Waals surface area contributed by atoms with Gasteiger partial charge in [0.05, 0.1) is 13.2 Å². The molecule has 6 nitrogen and oxygen atoms in total. The van der Waals surface area contributed by atoms with Crippen LogP contribution in [0.2, 0.25) is 0 Å². The van der Waals surface area contributed by atoms with Crippen LogP contribution in [0.25, 0.3) is 0 Å². The van der Waals surface area contributed by atoms with E-state index in [4.69, 9.17) is 4.74 Å². The lowest BCUT2D eigenvalue weighted by Crippen LogP contribution is -2.39. The maximum Gasteiger partial charge on any atom is 0.137 e. The fraction of sp³-hybridized carbons (Fsp3) is 0.462. The van der Waals surface area contributed by atoms with Gasteiger partial charge in [0.15, 0.2) is 0 Å². The van der Waals surface area contributed by atoms with Crippen LogP contribution in [0.3, 0.4) is 0 Å². The third-order valence-corrected chi connectivity index (χ3v) is 3.21. The fourth-order valence-corrected chi connectivity index (χ4v) is 2.23. The van der Waals surface area contributed by atoms with Gasteiger partial charge < -0.3 is 14.6 Å². The van der Waals surface area contributed by atoms with Crippen molar-refractivity contribution in [3.05, 3.63) is 35.8 Å². The number of hydrogen-bond donors (Lipinski definition) is 1. The Morgan fingerprint density at radius 1 is 1.32 bits per heavy atom. The first-order chi connectivity index (χ1) is 9.22. The highest BCUT2D eigenvalue weighted by molar-refractivity contribution is 5.39. The minimum atomic E-state index is -0.0299. The van der Waals surface area contributed by atoms with Gasteiger partial charge in [0.1, 0.15) is 24.1 Å². The molecular formula is C13H17N5O. The Morgan fingerprint density at radius 2 is 2.21 bits per heavy atom. The molecule has 100 valence electrons. The van der Waals surface area contributed by atoms with Crippen molar-refractivity contribution in [1.82, 2.24) is 19.9 Å². The number of aryl methyl sites for hydroxylation is 2. The molecule has 0 saturated carbocycles. The molecule has 0 spiro atoms. The van der Waals surface area contributed by atoms with Crippen molar-refractivity contribution < 1.29 is 4.74 Å². The molecule has 1 atom stereocenters. The Hall–Kier alpha value is -1.95. The molecule has 0 aromatic carbocycles. The fourth-order valence-electron chi connectivity index (χ4n) is 2.23. The summed E-state index contributed by atoms with van der Waals surface area (Å²) in [5.74, 6) is 1.83. The van der Waals surface area contributed by atoms with Crippen LogP contribution in [0, 0.1) is 13.8 Å². The van der Waals surface area contributed by atoms with Crippen LogP contribution in [0.15, 0.2) is 18.6 Å². The molecule has 19 heavy (non-hydrogen) atoms. The molecule has 6 heteroatoms. The number of ether oxygens (including phenoxy) is 1. The van der Waals surface area contributed by atoms with E-state index >= 15 is 0 Å². The maximum atomic E-state index is 5.78. The molecule has 1 fully saturated rings. The second kappa shape index (κ2) is 4.97. The summed E-state index contributed by atoms with van der Waals surface area (Å²) in [4.78, 5) is 18.2. The van der Waals surface area contributed by atoms with Crippen molar-refractivity contribution in [2.45, 2.75) is 20.0 Å². The van der Waals surface area contributed by atoms with E-state index < -0.39 is 0 Å². The molecule has 0 radical (unpaired) electrons. The molecule has 2 aromatic rings. The van der Waals surface area contributed by atoms with Crippen LogP contribution in [0.1, 0.15) is 23.3 Å². The zero-order chi connectivity index (χ0) is 13.2. The summed E-state index contributed by atoms with van der Waals surface area (Å²) in [5, 5.41) is 0. The van der Waals surface area contributed by atoms with E-state index in [1.165, 1.54) is 0 Å². The molecule has 0 aliphatic carbocycles. The summed E-state index contributed by atoms with van der Waals surface area (Å²) in [7, 11) is 0. The molecule has 1 unspecified atom stereocenters. The van der Waals surface area contributed by atoms with E-state index in [9.17, 15) is 0 Å². The van der Waals surface area contributed by atoms with Gasteiger partial charge in [-0.3, -0.25) is 0 Å². The van der Waals surface area contributed by atoms with E-state index in [1.54, 1.807) is 6.33 Å². The van der Waals surface area contributed by atoms with Crippen LogP contribution in [-0.4, -0.2) is 39.6 Å². The zero-order valence-corrected chi connectivity index (χ0v) is 11.1. The van der Waals surface area contributed by atoms with E-state index in [0.29, 0.717) is 6.61 Å². The molecule has 1 N–H and O–H groups in total. The van der Waals surface area contributed by atoms with Gasteiger partial charge in [-0.15, -0.1) is 0 Å². The Labute approximate surface area is 111 Å². The van der Waals surface area contributed by atoms with Crippen LogP contribution < -0.4 is 4.90 Å². The number of aromatic amines is 1. The molecule has 2 aromatic heterocycles. The largest absolute Gasteiger partial charge is 0.367 e. The minimum absolute atomic E-state index is 0.0299. The third-order valence-electron chi connectivity index (χ3n) is 3.21. The lowest BCUT2D eigenvalue weighted by molar-refractivity contribution is 0.0342. The van der Waals surface area contributed by atoms with Crippen LogP contribution in [0.5, 0.6) is 0 Å². The summed E-state index contributed by atoms with van der Waals surface area (Å²) < 4.78 is 5.78. The lowest BCUT2D eigenvalue weighted by Gasteiger charge is -2.32. The van der Waals surface area contributed by atoms with Crippen molar-refractivity contribution in [3.8, 4) is 0 Å². The van der Waals surface area contributed by atoms with Crippen LogP contribution in [-0.2, 0) is 4.74 Å². The monoisotopic (exact) mass is 259 g/mol. The summed E-state index contributed by atoms with van der Waals surface area (Å²) in [6.45, 7) is 6.23. The lowest BCUT2D eigenvalue weighted by atomic mass is 10.2. The first kappa shape index (κ1) is 12.1. The first-order valence-corrected chi connectivity index (χ1v) is 6.39. The quantitative estimate of drug-likeness (QED) is 0.883. The summed E-state index contributed by atoms with van der Waals surface area (Å²) in [5.41, 5.74) is 2.02. The van der Waals surface area contributed by atoms with E-state index in [0.717, 1.165) is 36.1 Å². The van der Waals surface area contributed by atoms with Crippen molar-refractivity contribution in [2.24, 2.45) is 0 Å². The van der Waals surface area contributed by atoms with E-state index in [1.807, 2.05) is 26.1 Å². The average molecular weight is 259 g/mol. The predicted molar refractivity (Wildman–Crippen MR) is 71.0 cm³/mol. The van der Waals surface area contributed by atoms with Crippen molar-refractivity contribution in [3.63, 3.8) is 0 Å². The summed E-state index contributed by atoms with van der Waals surface area (Å²) in [6.07, 6.45) is 3.40. The number of morpholine rings is 1. The number of nitrogens with zero attached hydrogens (tertiary/aromatic N) is 4. The number of nitrogens with one attached hydrogen (secondary N) is 1. The number of anilines is 1. The van der Waals surface area contributed by atoms with Crippen molar-refractivity contribution in [2.75, 3.05) is 24.6 Å². The minimum Gasteiger partial charge on any atom is -0.367 e. The number of rotatable bonds is 2. The maximum absolute atomic E-state index is 5.78. The Bertz CT molecular complexity index is 568. The number of hydrogen-bond acceptors (Lipinski definition) is 5. The second-order valence-corrected chi connectivity index (χ2v) is 4.77. The molecule has 0 amide bonds. The van der Waals surface area contributed by atoms with Crippen LogP contribution >= 0.6 is 0 Å². The molecular weight excluding hydrogens is 242 g/mol. The highest BCUT2D eigenvalue weighted by Crippen LogP contribution is 2.23. The highest BCUT2D eigenvalue weighted by atomic mass is 16.5. The topological polar surface area (TPSA) is 66.9 Å². The standard InChI is InChI=1S/C13H17N5O/c1-9-5-12(16-8-15-9)18-3-4-19-11(7-18)13-14-6-10(2)17-13/h5-6,8,11H,3-4,7H2,1-2H3,(H,14,17). The van der Waals surface area contributed by atoms with Crippen molar-refractivity contribution in [1.29, 1.82) is 0 Å². The second-order valence-electron chi connectivity index (χ2n) is 4.77. The molecule has 0 bridgehead atoms. The first-order valence-electron chi connectivity index (χ1n) is 6.39. The van der Waals surface area contributed by atoms with E-state index in [-0.39, 0.29) is 6.10 Å². The molecule has 3 rings (SSSR count). The summed E-state index contributed by atoms with van der Waals surface area (Å²) in [6, 6.07) is 2.00. The summed E-state index contributed by atoms with van der Waals surface area (Å²) >= 11 is 0. The van der Waals surface area contributed by atoms with Gasteiger partial charge in [0.25, 0.3) is 0 Å². The smallest absolute Gasteiger partial charge is 0.137 e. The predicted octanol–water partition coefficient (Wildman–Crippen LogP) is 1.39. The third kappa shape index (κ3) is 2.58. The molecule has 1 aliphatic rings.